The number of carbonyl (C=O) groups is 1. The lowest BCUT2D eigenvalue weighted by atomic mass is 10.1. The van der Waals surface area contributed by atoms with Gasteiger partial charge in [-0.15, -0.1) is 0 Å². The fraction of sp³-hybridized carbons (Fsp3) is 0.368. The van der Waals surface area contributed by atoms with Gasteiger partial charge in [0, 0.05) is 5.92 Å². The molecule has 1 N–H and O–H groups in total. The van der Waals surface area contributed by atoms with Crippen molar-refractivity contribution in [3.8, 4) is 5.75 Å². The molecule has 1 aromatic carbocycles. The van der Waals surface area contributed by atoms with E-state index in [1.54, 1.807) is 6.92 Å². The molecule has 0 radical (unpaired) electrons. The van der Waals surface area contributed by atoms with Crippen LogP contribution < -0.4 is 10.1 Å². The van der Waals surface area contributed by atoms with E-state index in [9.17, 15) is 26.7 Å². The van der Waals surface area contributed by atoms with E-state index in [1.165, 1.54) is 12.1 Å². The number of hydrogen-bond acceptors (Lipinski definition) is 3. The summed E-state index contributed by atoms with van der Waals surface area (Å²) in [5.41, 5.74) is 0.610. The zero-order chi connectivity index (χ0) is 20.5. The summed E-state index contributed by atoms with van der Waals surface area (Å²) in [6, 6.07) is 5.42. The Hall–Kier alpha value is -2.71. The molecule has 1 amide bonds. The molecule has 0 aliphatic heterocycles. The Balaban J connectivity index is 1.55. The quantitative estimate of drug-likeness (QED) is 0.737. The smallest absolute Gasteiger partial charge is 0.422 e. The highest BCUT2D eigenvalue weighted by Crippen LogP contribution is 2.48. The van der Waals surface area contributed by atoms with Crippen molar-refractivity contribution in [1.82, 2.24) is 10.3 Å². The van der Waals surface area contributed by atoms with Crippen molar-refractivity contribution in [3.63, 3.8) is 0 Å². The number of benzene rings is 1. The summed E-state index contributed by atoms with van der Waals surface area (Å²) in [5, 5.41) is 2.73. The molecule has 3 atom stereocenters. The van der Waals surface area contributed by atoms with Crippen LogP contribution in [0.1, 0.15) is 36.6 Å². The highest BCUT2D eigenvalue weighted by Gasteiger charge is 2.45. The van der Waals surface area contributed by atoms with Gasteiger partial charge < -0.3 is 10.1 Å². The molecule has 1 aliphatic rings. The number of pyridine rings is 1. The Morgan fingerprint density at radius 2 is 2.04 bits per heavy atom. The van der Waals surface area contributed by atoms with Crippen molar-refractivity contribution in [1.29, 1.82) is 0 Å². The number of hydrogen-bond donors (Lipinski definition) is 1. The minimum absolute atomic E-state index is 0.0385. The number of halogens is 5. The van der Waals surface area contributed by atoms with Crippen molar-refractivity contribution in [2.24, 2.45) is 5.92 Å². The van der Waals surface area contributed by atoms with E-state index in [4.69, 9.17) is 0 Å². The monoisotopic (exact) mass is 400 g/mol. The van der Waals surface area contributed by atoms with Gasteiger partial charge in [0.05, 0.1) is 17.9 Å². The molecule has 1 aromatic heterocycles. The van der Waals surface area contributed by atoms with Crippen LogP contribution in [0.2, 0.25) is 0 Å². The van der Waals surface area contributed by atoms with Gasteiger partial charge in [0.15, 0.2) is 6.61 Å². The zero-order valence-electron chi connectivity index (χ0n) is 14.8. The lowest BCUT2D eigenvalue weighted by Crippen LogP contribution is -2.29. The standard InChI is InChI=1S/C19H17F5N2O2/c1-10(17-5-3-12(8-25-17)28-9-19(22,23)24)26-18(27)15-7-13(15)14-6-11(20)2-4-16(14)21/h2-6,8,10,13,15H,7,9H2,1H3,(H,26,27)/t10-,13-,15+/m1/s1. The van der Waals surface area contributed by atoms with Crippen LogP contribution in [0.3, 0.4) is 0 Å². The lowest BCUT2D eigenvalue weighted by Gasteiger charge is -2.14. The number of amides is 1. The average molecular weight is 400 g/mol. The predicted octanol–water partition coefficient (Wildman–Crippen LogP) is 4.28. The van der Waals surface area contributed by atoms with Crippen LogP contribution in [0.5, 0.6) is 5.75 Å². The van der Waals surface area contributed by atoms with Gasteiger partial charge in [-0.1, -0.05) is 0 Å². The third-order valence-corrected chi connectivity index (χ3v) is 4.45. The number of carbonyl (C=O) groups excluding carboxylic acids is 1. The Morgan fingerprint density at radius 1 is 1.29 bits per heavy atom. The second kappa shape index (κ2) is 7.73. The maximum absolute atomic E-state index is 13.8. The summed E-state index contributed by atoms with van der Waals surface area (Å²) in [6.45, 7) is 0.247. The van der Waals surface area contributed by atoms with Gasteiger partial charge in [0.2, 0.25) is 5.91 Å². The van der Waals surface area contributed by atoms with Crippen LogP contribution in [0.4, 0.5) is 22.0 Å². The lowest BCUT2D eigenvalue weighted by molar-refractivity contribution is -0.153. The average Bonchev–Trinajstić information content (AvgIpc) is 3.42. The number of ether oxygens (including phenoxy) is 1. The molecular formula is C19H17F5N2O2. The predicted molar refractivity (Wildman–Crippen MR) is 89.6 cm³/mol. The van der Waals surface area contributed by atoms with E-state index in [-0.39, 0.29) is 23.1 Å². The molecule has 3 rings (SSSR count). The summed E-state index contributed by atoms with van der Waals surface area (Å²) >= 11 is 0. The van der Waals surface area contributed by atoms with Crippen LogP contribution in [0, 0.1) is 17.6 Å². The van der Waals surface area contributed by atoms with Crippen LogP contribution >= 0.6 is 0 Å². The first kappa shape index (κ1) is 20.0. The second-order valence-corrected chi connectivity index (χ2v) is 6.67. The van der Waals surface area contributed by atoms with Crippen molar-refractivity contribution in [3.05, 3.63) is 59.4 Å². The molecule has 4 nitrogen and oxygen atoms in total. The number of aromatic nitrogens is 1. The maximum Gasteiger partial charge on any atom is 0.422 e. The summed E-state index contributed by atoms with van der Waals surface area (Å²) in [6.07, 6.45) is -2.88. The maximum atomic E-state index is 13.8. The number of alkyl halides is 3. The van der Waals surface area contributed by atoms with Crippen LogP contribution in [0.15, 0.2) is 36.5 Å². The highest BCUT2D eigenvalue weighted by molar-refractivity contribution is 5.83. The summed E-state index contributed by atoms with van der Waals surface area (Å²) < 4.78 is 68.1. The van der Waals surface area contributed by atoms with E-state index in [0.29, 0.717) is 12.1 Å². The number of rotatable bonds is 6. The Labute approximate surface area is 157 Å². The van der Waals surface area contributed by atoms with Gasteiger partial charge in [0.25, 0.3) is 0 Å². The van der Waals surface area contributed by atoms with Gasteiger partial charge in [-0.3, -0.25) is 9.78 Å². The van der Waals surface area contributed by atoms with E-state index < -0.39 is 36.4 Å². The molecule has 9 heteroatoms. The summed E-state index contributed by atoms with van der Waals surface area (Å²) in [5.74, 6) is -2.32. The molecule has 0 spiro atoms. The van der Waals surface area contributed by atoms with Crippen molar-refractivity contribution < 1.29 is 31.5 Å². The van der Waals surface area contributed by atoms with Gasteiger partial charge >= 0.3 is 6.18 Å². The fourth-order valence-electron chi connectivity index (χ4n) is 2.92. The van der Waals surface area contributed by atoms with E-state index in [0.717, 1.165) is 24.4 Å². The summed E-state index contributed by atoms with van der Waals surface area (Å²) in [4.78, 5) is 16.3. The summed E-state index contributed by atoms with van der Waals surface area (Å²) in [7, 11) is 0. The topological polar surface area (TPSA) is 51.2 Å². The van der Waals surface area contributed by atoms with Crippen LogP contribution in [0.25, 0.3) is 0 Å². The zero-order valence-corrected chi connectivity index (χ0v) is 14.8. The molecule has 1 heterocycles. The Bertz CT molecular complexity index is 854. The van der Waals surface area contributed by atoms with E-state index >= 15 is 0 Å². The first-order valence-corrected chi connectivity index (χ1v) is 8.55. The molecule has 0 unspecified atom stereocenters. The van der Waals surface area contributed by atoms with Crippen molar-refractivity contribution >= 4 is 5.91 Å². The largest absolute Gasteiger partial charge is 0.483 e. The normalized spacial score (nSPS) is 19.8. The highest BCUT2D eigenvalue weighted by atomic mass is 19.4. The van der Waals surface area contributed by atoms with Crippen LogP contribution in [-0.2, 0) is 4.79 Å². The third kappa shape index (κ3) is 4.96. The van der Waals surface area contributed by atoms with Gasteiger partial charge in [-0.25, -0.2) is 8.78 Å². The molecular weight excluding hydrogens is 383 g/mol. The third-order valence-electron chi connectivity index (χ3n) is 4.45. The van der Waals surface area contributed by atoms with Crippen LogP contribution in [-0.4, -0.2) is 23.7 Å². The molecule has 1 saturated carbocycles. The van der Waals surface area contributed by atoms with E-state index in [2.05, 4.69) is 15.0 Å². The minimum atomic E-state index is -4.44. The van der Waals surface area contributed by atoms with E-state index in [1.807, 2.05) is 0 Å². The van der Waals surface area contributed by atoms with Gasteiger partial charge in [-0.2, -0.15) is 13.2 Å². The first-order valence-electron chi connectivity index (χ1n) is 8.55. The Kier molecular flexibility index (Phi) is 5.53. The molecule has 1 fully saturated rings. The fourth-order valence-corrected chi connectivity index (χ4v) is 2.92. The van der Waals surface area contributed by atoms with Crippen molar-refractivity contribution in [2.75, 3.05) is 6.61 Å². The SMILES string of the molecule is C[C@@H](NC(=O)[C@H]1C[C@@H]1c1cc(F)ccc1F)c1ccc(OCC(F)(F)F)cn1. The molecule has 0 saturated heterocycles. The Morgan fingerprint density at radius 3 is 2.68 bits per heavy atom. The second-order valence-electron chi connectivity index (χ2n) is 6.67. The molecule has 2 aromatic rings. The molecule has 0 bridgehead atoms. The molecule has 150 valence electrons. The number of nitrogens with zero attached hydrogens (tertiary/aromatic N) is 1. The number of nitrogens with one attached hydrogen (secondary N) is 1. The van der Waals surface area contributed by atoms with Gasteiger partial charge in [0.1, 0.15) is 17.4 Å². The van der Waals surface area contributed by atoms with Crippen molar-refractivity contribution in [2.45, 2.75) is 31.5 Å². The first-order chi connectivity index (χ1) is 13.1. The van der Waals surface area contributed by atoms with Gasteiger partial charge in [-0.05, 0) is 55.2 Å². The molecule has 28 heavy (non-hydrogen) atoms. The minimum Gasteiger partial charge on any atom is -0.483 e. The molecule has 1 aliphatic carbocycles.